The van der Waals surface area contributed by atoms with Gasteiger partial charge in [0.05, 0.1) is 0 Å². The van der Waals surface area contributed by atoms with Gasteiger partial charge in [-0.05, 0) is 25.0 Å². The Morgan fingerprint density at radius 2 is 2.16 bits per heavy atom. The number of amides is 1. The SMILES string of the molecule is CNC(=O)c1ccc(NC2CCCCC2CO)nn1. The van der Waals surface area contributed by atoms with Gasteiger partial charge >= 0.3 is 0 Å². The molecule has 6 heteroatoms. The molecule has 6 nitrogen and oxygen atoms in total. The van der Waals surface area contributed by atoms with Gasteiger partial charge < -0.3 is 15.7 Å². The summed E-state index contributed by atoms with van der Waals surface area (Å²) in [6, 6.07) is 3.63. The second-order valence-corrected chi connectivity index (χ2v) is 4.86. The molecule has 0 saturated heterocycles. The first-order valence-electron chi connectivity index (χ1n) is 6.68. The van der Waals surface area contributed by atoms with Crippen LogP contribution in [0.5, 0.6) is 0 Å². The molecular weight excluding hydrogens is 244 g/mol. The Kier molecular flexibility index (Phi) is 4.68. The number of nitrogens with one attached hydrogen (secondary N) is 2. The van der Waals surface area contributed by atoms with Gasteiger partial charge in [-0.3, -0.25) is 4.79 Å². The fourth-order valence-electron chi connectivity index (χ4n) is 2.46. The molecule has 2 atom stereocenters. The van der Waals surface area contributed by atoms with Gasteiger partial charge in [-0.1, -0.05) is 12.8 Å². The number of aliphatic hydroxyl groups is 1. The van der Waals surface area contributed by atoms with E-state index in [1.807, 2.05) is 0 Å². The van der Waals surface area contributed by atoms with Gasteiger partial charge in [-0.25, -0.2) is 0 Å². The summed E-state index contributed by atoms with van der Waals surface area (Å²) in [7, 11) is 1.56. The van der Waals surface area contributed by atoms with Crippen LogP contribution in [0.2, 0.25) is 0 Å². The van der Waals surface area contributed by atoms with Gasteiger partial charge in [0, 0.05) is 25.6 Å². The quantitative estimate of drug-likeness (QED) is 0.748. The van der Waals surface area contributed by atoms with Crippen molar-refractivity contribution in [2.24, 2.45) is 5.92 Å². The lowest BCUT2D eigenvalue weighted by atomic mass is 9.85. The highest BCUT2D eigenvalue weighted by Gasteiger charge is 2.24. The number of hydrogen-bond acceptors (Lipinski definition) is 5. The normalized spacial score (nSPS) is 22.8. The van der Waals surface area contributed by atoms with Gasteiger partial charge in [0.1, 0.15) is 5.82 Å². The van der Waals surface area contributed by atoms with Crippen molar-refractivity contribution in [2.45, 2.75) is 31.7 Å². The molecule has 19 heavy (non-hydrogen) atoms. The monoisotopic (exact) mass is 264 g/mol. The minimum atomic E-state index is -0.245. The van der Waals surface area contributed by atoms with Crippen molar-refractivity contribution in [3.05, 3.63) is 17.8 Å². The third-order valence-electron chi connectivity index (χ3n) is 3.60. The van der Waals surface area contributed by atoms with Crippen molar-refractivity contribution in [3.63, 3.8) is 0 Å². The van der Waals surface area contributed by atoms with E-state index in [1.54, 1.807) is 19.2 Å². The lowest BCUT2D eigenvalue weighted by Crippen LogP contribution is -2.34. The number of aliphatic hydroxyl groups excluding tert-OH is 1. The molecule has 0 radical (unpaired) electrons. The van der Waals surface area contributed by atoms with Crippen LogP contribution in [0.3, 0.4) is 0 Å². The molecule has 0 spiro atoms. The van der Waals surface area contributed by atoms with E-state index < -0.39 is 0 Å². The highest BCUT2D eigenvalue weighted by atomic mass is 16.3. The van der Waals surface area contributed by atoms with Crippen molar-refractivity contribution in [2.75, 3.05) is 19.0 Å². The van der Waals surface area contributed by atoms with E-state index in [0.717, 1.165) is 19.3 Å². The third-order valence-corrected chi connectivity index (χ3v) is 3.60. The van der Waals surface area contributed by atoms with Crippen LogP contribution in [-0.2, 0) is 0 Å². The predicted octanol–water partition coefficient (Wildman–Crippen LogP) is 0.799. The molecule has 0 aromatic carbocycles. The number of anilines is 1. The molecule has 1 saturated carbocycles. The van der Waals surface area contributed by atoms with Gasteiger partial charge in [0.15, 0.2) is 5.69 Å². The number of aromatic nitrogens is 2. The first-order chi connectivity index (χ1) is 9.24. The van der Waals surface area contributed by atoms with E-state index in [-0.39, 0.29) is 24.5 Å². The maximum atomic E-state index is 11.3. The molecule has 3 N–H and O–H groups in total. The van der Waals surface area contributed by atoms with Crippen molar-refractivity contribution in [1.29, 1.82) is 0 Å². The fourth-order valence-corrected chi connectivity index (χ4v) is 2.46. The molecule has 1 heterocycles. The van der Waals surface area contributed by atoms with E-state index in [2.05, 4.69) is 20.8 Å². The first kappa shape index (κ1) is 13.7. The summed E-state index contributed by atoms with van der Waals surface area (Å²) in [5.41, 5.74) is 0.301. The molecule has 1 aliphatic rings. The summed E-state index contributed by atoms with van der Waals surface area (Å²) in [5.74, 6) is 0.678. The Morgan fingerprint density at radius 1 is 1.37 bits per heavy atom. The predicted molar refractivity (Wildman–Crippen MR) is 71.9 cm³/mol. The maximum absolute atomic E-state index is 11.3. The zero-order valence-electron chi connectivity index (χ0n) is 11.1. The van der Waals surface area contributed by atoms with Gasteiger partial charge in [-0.15, -0.1) is 10.2 Å². The fraction of sp³-hybridized carbons (Fsp3) is 0.615. The van der Waals surface area contributed by atoms with Gasteiger partial charge in [-0.2, -0.15) is 0 Å². The van der Waals surface area contributed by atoms with Crippen LogP contribution in [0.25, 0.3) is 0 Å². The summed E-state index contributed by atoms with van der Waals surface area (Å²) in [6.07, 6.45) is 4.41. The molecule has 1 aromatic rings. The molecule has 104 valence electrons. The molecule has 1 aromatic heterocycles. The number of carbonyl (C=O) groups is 1. The smallest absolute Gasteiger partial charge is 0.271 e. The molecule has 2 unspecified atom stereocenters. The van der Waals surface area contributed by atoms with Crippen molar-refractivity contribution in [3.8, 4) is 0 Å². The minimum Gasteiger partial charge on any atom is -0.396 e. The van der Waals surface area contributed by atoms with Crippen LogP contribution >= 0.6 is 0 Å². The largest absolute Gasteiger partial charge is 0.396 e. The molecule has 0 aliphatic heterocycles. The average Bonchev–Trinajstić information content (AvgIpc) is 2.48. The van der Waals surface area contributed by atoms with Crippen LogP contribution in [-0.4, -0.2) is 40.9 Å². The maximum Gasteiger partial charge on any atom is 0.271 e. The zero-order valence-corrected chi connectivity index (χ0v) is 11.1. The molecule has 1 aliphatic carbocycles. The van der Waals surface area contributed by atoms with Crippen LogP contribution < -0.4 is 10.6 Å². The minimum absolute atomic E-state index is 0.196. The number of hydrogen-bond donors (Lipinski definition) is 3. The number of nitrogens with zero attached hydrogens (tertiary/aromatic N) is 2. The average molecular weight is 264 g/mol. The topological polar surface area (TPSA) is 87.1 Å². The highest BCUT2D eigenvalue weighted by molar-refractivity contribution is 5.91. The molecule has 0 bridgehead atoms. The van der Waals surface area contributed by atoms with E-state index in [4.69, 9.17) is 0 Å². The first-order valence-corrected chi connectivity index (χ1v) is 6.68. The van der Waals surface area contributed by atoms with Crippen molar-refractivity contribution < 1.29 is 9.90 Å². The van der Waals surface area contributed by atoms with Crippen molar-refractivity contribution >= 4 is 11.7 Å². The molecule has 1 fully saturated rings. The van der Waals surface area contributed by atoms with E-state index in [9.17, 15) is 9.90 Å². The van der Waals surface area contributed by atoms with Crippen molar-refractivity contribution in [1.82, 2.24) is 15.5 Å². The van der Waals surface area contributed by atoms with Crippen LogP contribution in [0.1, 0.15) is 36.2 Å². The standard InChI is InChI=1S/C13H20N4O2/c1-14-13(19)11-6-7-12(17-16-11)15-10-5-3-2-4-9(10)8-18/h6-7,9-10,18H,2-5,8H2,1H3,(H,14,19)(H,15,17). The lowest BCUT2D eigenvalue weighted by Gasteiger charge is -2.31. The highest BCUT2D eigenvalue weighted by Crippen LogP contribution is 2.26. The summed E-state index contributed by atoms with van der Waals surface area (Å²) in [5, 5.41) is 23.0. The number of carbonyl (C=O) groups excluding carboxylic acids is 1. The third kappa shape index (κ3) is 3.41. The summed E-state index contributed by atoms with van der Waals surface area (Å²) in [4.78, 5) is 11.3. The van der Waals surface area contributed by atoms with Gasteiger partial charge in [0.2, 0.25) is 0 Å². The van der Waals surface area contributed by atoms with E-state index in [1.165, 1.54) is 6.42 Å². The molecule has 2 rings (SSSR count). The number of rotatable bonds is 4. The molecule has 1 amide bonds. The Balaban J connectivity index is 2.00. The summed E-state index contributed by atoms with van der Waals surface area (Å²) >= 11 is 0. The van der Waals surface area contributed by atoms with Crippen LogP contribution in [0.15, 0.2) is 12.1 Å². The van der Waals surface area contributed by atoms with Crippen LogP contribution in [0.4, 0.5) is 5.82 Å². The van der Waals surface area contributed by atoms with E-state index >= 15 is 0 Å². The Hall–Kier alpha value is -1.69. The van der Waals surface area contributed by atoms with Crippen LogP contribution in [0, 0.1) is 5.92 Å². The summed E-state index contributed by atoms with van der Waals surface area (Å²) in [6.45, 7) is 0.196. The Labute approximate surface area is 112 Å². The Morgan fingerprint density at radius 3 is 2.79 bits per heavy atom. The summed E-state index contributed by atoms with van der Waals surface area (Å²) < 4.78 is 0. The van der Waals surface area contributed by atoms with Gasteiger partial charge in [0.25, 0.3) is 5.91 Å². The second kappa shape index (κ2) is 6.47. The Bertz CT molecular complexity index is 421. The lowest BCUT2D eigenvalue weighted by molar-refractivity contribution is 0.0957. The second-order valence-electron chi connectivity index (χ2n) is 4.86. The zero-order chi connectivity index (χ0) is 13.7. The molecular formula is C13H20N4O2. The van der Waals surface area contributed by atoms with E-state index in [0.29, 0.717) is 11.5 Å².